The van der Waals surface area contributed by atoms with E-state index >= 15 is 0 Å². The molecule has 1 aromatic carbocycles. The summed E-state index contributed by atoms with van der Waals surface area (Å²) in [5.74, 6) is 0. The molecular weight excluding hydrogens is 352 g/mol. The first kappa shape index (κ1) is 19.3. The number of hydrogen-bond acceptors (Lipinski definition) is 5. The second-order valence-electron chi connectivity index (χ2n) is 4.48. The van der Waals surface area contributed by atoms with E-state index in [0.29, 0.717) is 0 Å². The third-order valence-corrected chi connectivity index (χ3v) is 6.06. The molecule has 0 amide bonds. The first-order valence-electron chi connectivity index (χ1n) is 6.37. The summed E-state index contributed by atoms with van der Waals surface area (Å²) < 4.78 is 55.7. The highest BCUT2D eigenvalue weighted by Crippen LogP contribution is 2.19. The van der Waals surface area contributed by atoms with Crippen molar-refractivity contribution in [3.8, 4) is 0 Å². The van der Waals surface area contributed by atoms with E-state index in [1.54, 1.807) is 12.1 Å². The summed E-state index contributed by atoms with van der Waals surface area (Å²) in [6.45, 7) is 0.323. The molecule has 0 spiro atoms. The van der Waals surface area contributed by atoms with Crippen LogP contribution in [0.5, 0.6) is 0 Å². The van der Waals surface area contributed by atoms with Gasteiger partial charge < -0.3 is 4.74 Å². The third-order valence-electron chi connectivity index (χ3n) is 2.79. The van der Waals surface area contributed by atoms with Gasteiger partial charge in [0.25, 0.3) is 0 Å². The van der Waals surface area contributed by atoms with Crippen molar-refractivity contribution in [3.05, 3.63) is 29.3 Å². The van der Waals surface area contributed by atoms with Crippen LogP contribution in [0.3, 0.4) is 0 Å². The van der Waals surface area contributed by atoms with E-state index in [1.807, 2.05) is 0 Å². The quantitative estimate of drug-likeness (QED) is 0.684. The highest BCUT2D eigenvalue weighted by atomic mass is 35.5. The Hall–Kier alpha value is -0.710. The number of halogens is 1. The van der Waals surface area contributed by atoms with Crippen molar-refractivity contribution in [1.82, 2.24) is 9.03 Å². The molecule has 0 saturated carbocycles. The summed E-state index contributed by atoms with van der Waals surface area (Å²) in [6.07, 6.45) is 1.06. The highest BCUT2D eigenvalue weighted by molar-refractivity contribution is 7.89. The van der Waals surface area contributed by atoms with Crippen molar-refractivity contribution in [2.24, 2.45) is 0 Å². The molecule has 0 fully saturated rings. The Morgan fingerprint density at radius 2 is 1.82 bits per heavy atom. The van der Waals surface area contributed by atoms with Crippen LogP contribution in [-0.4, -0.2) is 60.7 Å². The third kappa shape index (κ3) is 5.82. The van der Waals surface area contributed by atoms with E-state index in [9.17, 15) is 16.8 Å². The van der Waals surface area contributed by atoms with Gasteiger partial charge in [0, 0.05) is 26.7 Å². The zero-order chi connectivity index (χ0) is 16.8. The van der Waals surface area contributed by atoms with Crippen LogP contribution in [0.25, 0.3) is 0 Å². The molecule has 1 aromatic rings. The Labute approximate surface area is 136 Å². The van der Waals surface area contributed by atoms with Gasteiger partial charge in [-0.2, -0.15) is 4.31 Å². The van der Waals surface area contributed by atoms with Crippen LogP contribution in [-0.2, 0) is 24.8 Å². The van der Waals surface area contributed by atoms with Crippen LogP contribution in [0.2, 0.25) is 5.02 Å². The normalized spacial score (nSPS) is 12.7. The van der Waals surface area contributed by atoms with Crippen molar-refractivity contribution >= 4 is 31.6 Å². The summed E-state index contributed by atoms with van der Waals surface area (Å²) in [5.41, 5.74) is 0. The van der Waals surface area contributed by atoms with E-state index in [0.717, 1.165) is 10.6 Å². The SMILES string of the molecule is COCCN(CCNS(=O)(=O)c1ccccc1Cl)S(C)(=O)=O. The van der Waals surface area contributed by atoms with Crippen molar-refractivity contribution < 1.29 is 21.6 Å². The molecule has 10 heteroatoms. The summed E-state index contributed by atoms with van der Waals surface area (Å²) in [4.78, 5) is -0.0422. The van der Waals surface area contributed by atoms with Crippen LogP contribution >= 0.6 is 11.6 Å². The van der Waals surface area contributed by atoms with Crippen molar-refractivity contribution in [3.63, 3.8) is 0 Å². The minimum atomic E-state index is -3.79. The monoisotopic (exact) mass is 370 g/mol. The lowest BCUT2D eigenvalue weighted by molar-refractivity contribution is 0.179. The number of methoxy groups -OCH3 is 1. The van der Waals surface area contributed by atoms with Gasteiger partial charge in [-0.05, 0) is 12.1 Å². The van der Waals surface area contributed by atoms with Gasteiger partial charge in [-0.3, -0.25) is 0 Å². The van der Waals surface area contributed by atoms with Gasteiger partial charge >= 0.3 is 0 Å². The van der Waals surface area contributed by atoms with Crippen molar-refractivity contribution in [2.45, 2.75) is 4.90 Å². The van der Waals surface area contributed by atoms with E-state index < -0.39 is 20.0 Å². The van der Waals surface area contributed by atoms with E-state index in [2.05, 4.69) is 4.72 Å². The van der Waals surface area contributed by atoms with E-state index in [1.165, 1.54) is 19.2 Å². The molecule has 0 aliphatic heterocycles. The predicted octanol–water partition coefficient (Wildman–Crippen LogP) is 0.526. The van der Waals surface area contributed by atoms with Gasteiger partial charge in [0.15, 0.2) is 0 Å². The molecule has 1 N–H and O–H groups in total. The Balaban J connectivity index is 2.70. The molecular formula is C12H19ClN2O5S2. The lowest BCUT2D eigenvalue weighted by Gasteiger charge is -2.19. The number of benzene rings is 1. The van der Waals surface area contributed by atoms with Crippen LogP contribution in [0.4, 0.5) is 0 Å². The molecule has 0 aliphatic carbocycles. The topological polar surface area (TPSA) is 92.8 Å². The fraction of sp³-hybridized carbons (Fsp3) is 0.500. The van der Waals surface area contributed by atoms with Crippen LogP contribution < -0.4 is 4.72 Å². The maximum atomic E-state index is 12.1. The van der Waals surface area contributed by atoms with E-state index in [4.69, 9.17) is 16.3 Å². The Morgan fingerprint density at radius 3 is 2.36 bits per heavy atom. The minimum Gasteiger partial charge on any atom is -0.383 e. The standard InChI is InChI=1S/C12H19ClN2O5S2/c1-20-10-9-15(21(2,16)17)8-7-14-22(18,19)12-6-4-3-5-11(12)13/h3-6,14H,7-10H2,1-2H3. The lowest BCUT2D eigenvalue weighted by atomic mass is 10.4. The molecule has 22 heavy (non-hydrogen) atoms. The maximum Gasteiger partial charge on any atom is 0.242 e. The number of hydrogen-bond donors (Lipinski definition) is 1. The number of nitrogens with one attached hydrogen (secondary N) is 1. The van der Waals surface area contributed by atoms with Gasteiger partial charge in [-0.25, -0.2) is 21.6 Å². The molecule has 0 aliphatic rings. The van der Waals surface area contributed by atoms with E-state index in [-0.39, 0.29) is 36.2 Å². The first-order chi connectivity index (χ1) is 10.2. The largest absolute Gasteiger partial charge is 0.383 e. The molecule has 0 saturated heterocycles. The maximum absolute atomic E-state index is 12.1. The molecule has 0 atom stereocenters. The van der Waals surface area contributed by atoms with Crippen LogP contribution in [0, 0.1) is 0 Å². The van der Waals surface area contributed by atoms with Gasteiger partial charge in [0.2, 0.25) is 20.0 Å². The van der Waals surface area contributed by atoms with Gasteiger partial charge in [-0.1, -0.05) is 23.7 Å². The second kappa shape index (κ2) is 8.23. The summed E-state index contributed by atoms with van der Waals surface area (Å²) in [6, 6.07) is 6.03. The minimum absolute atomic E-state index is 0.00583. The molecule has 0 aromatic heterocycles. The Bertz CT molecular complexity index is 691. The van der Waals surface area contributed by atoms with Crippen LogP contribution in [0.15, 0.2) is 29.2 Å². The Kier molecular flexibility index (Phi) is 7.23. The molecule has 126 valence electrons. The number of nitrogens with zero attached hydrogens (tertiary/aromatic N) is 1. The molecule has 0 heterocycles. The average Bonchev–Trinajstić information content (AvgIpc) is 2.41. The second-order valence-corrected chi connectivity index (χ2v) is 8.61. The molecule has 1 rings (SSSR count). The fourth-order valence-corrected chi connectivity index (χ4v) is 4.05. The zero-order valence-corrected chi connectivity index (χ0v) is 14.7. The van der Waals surface area contributed by atoms with Gasteiger partial charge in [-0.15, -0.1) is 0 Å². The molecule has 0 radical (unpaired) electrons. The predicted molar refractivity (Wildman–Crippen MR) is 84.9 cm³/mol. The van der Waals surface area contributed by atoms with Crippen molar-refractivity contribution in [1.29, 1.82) is 0 Å². The van der Waals surface area contributed by atoms with Crippen LogP contribution in [0.1, 0.15) is 0 Å². The van der Waals surface area contributed by atoms with Gasteiger partial charge in [0.1, 0.15) is 4.90 Å². The zero-order valence-electron chi connectivity index (χ0n) is 12.3. The lowest BCUT2D eigenvalue weighted by Crippen LogP contribution is -2.39. The van der Waals surface area contributed by atoms with Crippen molar-refractivity contribution in [2.75, 3.05) is 39.6 Å². The van der Waals surface area contributed by atoms with Gasteiger partial charge in [0.05, 0.1) is 17.9 Å². The highest BCUT2D eigenvalue weighted by Gasteiger charge is 2.20. The molecule has 7 nitrogen and oxygen atoms in total. The molecule has 0 unspecified atom stereocenters. The number of ether oxygens (including phenoxy) is 1. The molecule has 0 bridgehead atoms. The summed E-state index contributed by atoms with van der Waals surface area (Å²) >= 11 is 5.85. The Morgan fingerprint density at radius 1 is 1.18 bits per heavy atom. The first-order valence-corrected chi connectivity index (χ1v) is 10.1. The number of sulfonamides is 2. The fourth-order valence-electron chi connectivity index (χ4n) is 1.68. The summed E-state index contributed by atoms with van der Waals surface area (Å²) in [5, 5.41) is 0.106. The number of rotatable bonds is 9. The summed E-state index contributed by atoms with van der Waals surface area (Å²) in [7, 11) is -5.76. The smallest absolute Gasteiger partial charge is 0.242 e. The average molecular weight is 371 g/mol.